The van der Waals surface area contributed by atoms with Gasteiger partial charge in [-0.25, -0.2) is 4.98 Å². The summed E-state index contributed by atoms with van der Waals surface area (Å²) in [6.45, 7) is 9.70. The minimum atomic E-state index is 0.503. The molecule has 0 radical (unpaired) electrons. The molecule has 1 aromatic carbocycles. The molecule has 0 atom stereocenters. The normalized spacial score (nSPS) is 11.2. The van der Waals surface area contributed by atoms with Crippen molar-refractivity contribution in [2.45, 2.75) is 40.0 Å². The summed E-state index contributed by atoms with van der Waals surface area (Å²) in [5.41, 5.74) is 3.68. The summed E-state index contributed by atoms with van der Waals surface area (Å²) in [5, 5.41) is 4.65. The van der Waals surface area contributed by atoms with E-state index in [0.29, 0.717) is 5.92 Å². The number of para-hydroxylation sites is 1. The van der Waals surface area contributed by atoms with Gasteiger partial charge in [0.15, 0.2) is 0 Å². The molecule has 0 saturated heterocycles. The molecule has 18 heavy (non-hydrogen) atoms. The highest BCUT2D eigenvalue weighted by Crippen LogP contribution is 2.27. The SMILES string of the molecule is CCCNc1nc2c(C(C)C)cccc2cc1C. The van der Waals surface area contributed by atoms with Gasteiger partial charge in [0, 0.05) is 11.9 Å². The lowest BCUT2D eigenvalue weighted by Crippen LogP contribution is -2.05. The maximum atomic E-state index is 4.82. The Morgan fingerprint density at radius 2 is 2.06 bits per heavy atom. The highest BCUT2D eigenvalue weighted by atomic mass is 15.0. The van der Waals surface area contributed by atoms with E-state index < -0.39 is 0 Å². The molecule has 0 bridgehead atoms. The second kappa shape index (κ2) is 5.38. The Bertz CT molecular complexity index is 544. The minimum Gasteiger partial charge on any atom is -0.370 e. The summed E-state index contributed by atoms with van der Waals surface area (Å²) >= 11 is 0. The van der Waals surface area contributed by atoms with E-state index in [4.69, 9.17) is 4.98 Å². The van der Waals surface area contributed by atoms with Crippen LogP contribution in [0.1, 0.15) is 44.2 Å². The Morgan fingerprint density at radius 1 is 1.28 bits per heavy atom. The molecule has 0 aliphatic carbocycles. The summed E-state index contributed by atoms with van der Waals surface area (Å²) < 4.78 is 0. The number of hydrogen-bond donors (Lipinski definition) is 1. The molecule has 2 heteroatoms. The summed E-state index contributed by atoms with van der Waals surface area (Å²) in [4.78, 5) is 4.82. The van der Waals surface area contributed by atoms with Crippen molar-refractivity contribution in [3.05, 3.63) is 35.4 Å². The number of anilines is 1. The molecule has 1 aromatic heterocycles. The van der Waals surface area contributed by atoms with E-state index >= 15 is 0 Å². The van der Waals surface area contributed by atoms with E-state index in [0.717, 1.165) is 24.3 Å². The van der Waals surface area contributed by atoms with Crippen LogP contribution in [0.2, 0.25) is 0 Å². The molecule has 96 valence electrons. The van der Waals surface area contributed by atoms with Crippen LogP contribution in [-0.4, -0.2) is 11.5 Å². The predicted octanol–water partition coefficient (Wildman–Crippen LogP) is 4.49. The third-order valence-corrected chi connectivity index (χ3v) is 3.23. The fourth-order valence-electron chi connectivity index (χ4n) is 2.22. The van der Waals surface area contributed by atoms with Crippen LogP contribution in [0.3, 0.4) is 0 Å². The number of hydrogen-bond acceptors (Lipinski definition) is 2. The summed E-state index contributed by atoms with van der Waals surface area (Å²) in [7, 11) is 0. The molecule has 2 rings (SSSR count). The minimum absolute atomic E-state index is 0.503. The van der Waals surface area contributed by atoms with E-state index in [1.165, 1.54) is 16.5 Å². The van der Waals surface area contributed by atoms with Gasteiger partial charge in [-0.3, -0.25) is 0 Å². The van der Waals surface area contributed by atoms with E-state index in [1.807, 2.05) is 0 Å². The second-order valence-corrected chi connectivity index (χ2v) is 5.15. The van der Waals surface area contributed by atoms with Crippen molar-refractivity contribution in [3.8, 4) is 0 Å². The van der Waals surface area contributed by atoms with Crippen molar-refractivity contribution < 1.29 is 0 Å². The molecule has 0 spiro atoms. The number of aromatic nitrogens is 1. The maximum Gasteiger partial charge on any atom is 0.129 e. The quantitative estimate of drug-likeness (QED) is 0.854. The fourth-order valence-corrected chi connectivity index (χ4v) is 2.22. The number of fused-ring (bicyclic) bond motifs is 1. The molecule has 1 N–H and O–H groups in total. The van der Waals surface area contributed by atoms with Crippen molar-refractivity contribution in [1.82, 2.24) is 4.98 Å². The number of nitrogens with zero attached hydrogens (tertiary/aromatic N) is 1. The number of nitrogens with one attached hydrogen (secondary N) is 1. The van der Waals surface area contributed by atoms with Crippen LogP contribution in [0.5, 0.6) is 0 Å². The van der Waals surface area contributed by atoms with Crippen molar-refractivity contribution in [2.24, 2.45) is 0 Å². The van der Waals surface area contributed by atoms with Crippen molar-refractivity contribution >= 4 is 16.7 Å². The highest BCUT2D eigenvalue weighted by molar-refractivity contribution is 5.85. The molecule has 0 unspecified atom stereocenters. The first kappa shape index (κ1) is 12.9. The van der Waals surface area contributed by atoms with Gasteiger partial charge in [0.1, 0.15) is 5.82 Å². The van der Waals surface area contributed by atoms with Crippen LogP contribution in [0.4, 0.5) is 5.82 Å². The van der Waals surface area contributed by atoms with Gasteiger partial charge in [0.05, 0.1) is 5.52 Å². The van der Waals surface area contributed by atoms with Gasteiger partial charge in [0.25, 0.3) is 0 Å². The lowest BCUT2D eigenvalue weighted by molar-refractivity contribution is 0.872. The van der Waals surface area contributed by atoms with Gasteiger partial charge >= 0.3 is 0 Å². The zero-order valence-corrected chi connectivity index (χ0v) is 11.7. The smallest absolute Gasteiger partial charge is 0.129 e. The lowest BCUT2D eigenvalue weighted by Gasteiger charge is -2.13. The Hall–Kier alpha value is -1.57. The maximum absolute atomic E-state index is 4.82. The molecular weight excluding hydrogens is 220 g/mol. The zero-order chi connectivity index (χ0) is 13.1. The molecule has 2 aromatic rings. The average molecular weight is 242 g/mol. The van der Waals surface area contributed by atoms with E-state index in [2.05, 4.69) is 57.3 Å². The van der Waals surface area contributed by atoms with Crippen molar-refractivity contribution in [3.63, 3.8) is 0 Å². The molecule has 0 aliphatic rings. The zero-order valence-electron chi connectivity index (χ0n) is 11.7. The number of pyridine rings is 1. The molecule has 1 heterocycles. The third kappa shape index (κ3) is 2.47. The van der Waals surface area contributed by atoms with Crippen LogP contribution in [0.25, 0.3) is 10.9 Å². The number of benzene rings is 1. The Balaban J connectivity index is 2.55. The van der Waals surface area contributed by atoms with E-state index in [9.17, 15) is 0 Å². The number of rotatable bonds is 4. The van der Waals surface area contributed by atoms with Gasteiger partial charge in [0.2, 0.25) is 0 Å². The molecule has 0 aliphatic heterocycles. The first-order valence-electron chi connectivity index (χ1n) is 6.77. The van der Waals surface area contributed by atoms with Crippen LogP contribution in [0, 0.1) is 6.92 Å². The highest BCUT2D eigenvalue weighted by Gasteiger charge is 2.09. The summed E-state index contributed by atoms with van der Waals surface area (Å²) in [5.74, 6) is 1.53. The Kier molecular flexibility index (Phi) is 3.85. The Labute approximate surface area is 109 Å². The standard InChI is InChI=1S/C16H22N2/c1-5-9-17-16-12(4)10-13-7-6-8-14(11(2)3)15(13)18-16/h6-8,10-11H,5,9H2,1-4H3,(H,17,18). The Morgan fingerprint density at radius 3 is 2.72 bits per heavy atom. The first-order chi connectivity index (χ1) is 8.63. The van der Waals surface area contributed by atoms with Crippen LogP contribution in [-0.2, 0) is 0 Å². The van der Waals surface area contributed by atoms with Gasteiger partial charge in [-0.2, -0.15) is 0 Å². The van der Waals surface area contributed by atoms with Crippen molar-refractivity contribution in [2.75, 3.05) is 11.9 Å². The topological polar surface area (TPSA) is 24.9 Å². The second-order valence-electron chi connectivity index (χ2n) is 5.15. The summed E-state index contributed by atoms with van der Waals surface area (Å²) in [6, 6.07) is 8.67. The number of aryl methyl sites for hydroxylation is 1. The van der Waals surface area contributed by atoms with E-state index in [-0.39, 0.29) is 0 Å². The van der Waals surface area contributed by atoms with Crippen LogP contribution in [0.15, 0.2) is 24.3 Å². The van der Waals surface area contributed by atoms with Gasteiger partial charge in [-0.05, 0) is 36.5 Å². The van der Waals surface area contributed by atoms with Gasteiger partial charge in [-0.1, -0.05) is 39.0 Å². The predicted molar refractivity (Wildman–Crippen MR) is 79.3 cm³/mol. The molecular formula is C16H22N2. The average Bonchev–Trinajstić information content (AvgIpc) is 2.35. The summed E-state index contributed by atoms with van der Waals surface area (Å²) in [6.07, 6.45) is 1.12. The molecule has 2 nitrogen and oxygen atoms in total. The van der Waals surface area contributed by atoms with Gasteiger partial charge in [-0.15, -0.1) is 0 Å². The van der Waals surface area contributed by atoms with Crippen LogP contribution >= 0.6 is 0 Å². The fraction of sp³-hybridized carbons (Fsp3) is 0.438. The van der Waals surface area contributed by atoms with Gasteiger partial charge < -0.3 is 5.32 Å². The monoisotopic (exact) mass is 242 g/mol. The van der Waals surface area contributed by atoms with Crippen molar-refractivity contribution in [1.29, 1.82) is 0 Å². The lowest BCUT2D eigenvalue weighted by atomic mass is 9.99. The third-order valence-electron chi connectivity index (χ3n) is 3.23. The molecule has 0 saturated carbocycles. The van der Waals surface area contributed by atoms with Crippen LogP contribution < -0.4 is 5.32 Å². The largest absolute Gasteiger partial charge is 0.370 e. The molecule has 0 fully saturated rings. The van der Waals surface area contributed by atoms with E-state index in [1.54, 1.807) is 0 Å². The molecule has 0 amide bonds. The first-order valence-corrected chi connectivity index (χ1v) is 6.77.